The van der Waals surface area contributed by atoms with E-state index < -0.39 is 59.2 Å². The molecule has 8 nitrogen and oxygen atoms in total. The molecule has 0 spiro atoms. The van der Waals surface area contributed by atoms with E-state index >= 15 is 0 Å². The number of ether oxygens (including phenoxy) is 1. The summed E-state index contributed by atoms with van der Waals surface area (Å²) in [6.07, 6.45) is -7.10. The summed E-state index contributed by atoms with van der Waals surface area (Å²) in [6, 6.07) is 2.58. The summed E-state index contributed by atoms with van der Waals surface area (Å²) >= 11 is 0. The third-order valence-corrected chi connectivity index (χ3v) is 5.72. The summed E-state index contributed by atoms with van der Waals surface area (Å²) in [6.45, 7) is 9.02. The summed E-state index contributed by atoms with van der Waals surface area (Å²) in [7, 11) is 0. The normalized spacial score (nSPS) is 21.1. The summed E-state index contributed by atoms with van der Waals surface area (Å²) in [5, 5.41) is 14.6. The van der Waals surface area contributed by atoms with Gasteiger partial charge in [-0.3, -0.25) is 9.59 Å². The predicted octanol–water partition coefficient (Wildman–Crippen LogP) is 4.29. The summed E-state index contributed by atoms with van der Waals surface area (Å²) < 4.78 is 62.3. The standard InChI is InChI=1S/C24H30F4N4O4/c1-22(2,3)19(34)31-16(33)11-15(17(31)24(26,27)28)18-29-21(32(30-18)20(35)23(4,5)6)36-12-13-7-9-14(25)10-8-13/h7-10,15-17,33H,11-12H2,1-6H3. The summed E-state index contributed by atoms with van der Waals surface area (Å²) in [4.78, 5) is 30.4. The molecule has 2 heterocycles. The number of halogens is 4. The SMILES string of the molecule is CC(C)(C)C(=O)N1C(O)CC(c2nc(OCc3ccc(F)cc3)n(C(=O)C(C)(C)C)n2)C1C(F)(F)F. The van der Waals surface area contributed by atoms with Crippen LogP contribution < -0.4 is 4.74 Å². The largest absolute Gasteiger partial charge is 0.458 e. The van der Waals surface area contributed by atoms with E-state index in [1.54, 1.807) is 20.8 Å². The number of aliphatic hydroxyl groups is 1. The highest BCUT2D eigenvalue weighted by Gasteiger charge is 2.59. The lowest BCUT2D eigenvalue weighted by molar-refractivity contribution is -0.200. The first-order valence-corrected chi connectivity index (χ1v) is 11.4. The van der Waals surface area contributed by atoms with Crippen LogP contribution in [0.25, 0.3) is 0 Å². The van der Waals surface area contributed by atoms with E-state index in [0.29, 0.717) is 10.5 Å². The van der Waals surface area contributed by atoms with Crippen molar-refractivity contribution in [2.24, 2.45) is 10.8 Å². The molecular formula is C24H30F4N4O4. The Balaban J connectivity index is 2.03. The van der Waals surface area contributed by atoms with Gasteiger partial charge in [-0.2, -0.15) is 18.2 Å². The van der Waals surface area contributed by atoms with Gasteiger partial charge in [-0.05, 0) is 17.7 Å². The molecule has 3 rings (SSSR count). The Hall–Kier alpha value is -3.02. The molecule has 3 atom stereocenters. The number of likely N-dealkylation sites (tertiary alicyclic amines) is 1. The monoisotopic (exact) mass is 514 g/mol. The molecule has 0 aliphatic carbocycles. The van der Waals surface area contributed by atoms with Crippen LogP contribution in [0.5, 0.6) is 6.01 Å². The number of aromatic nitrogens is 3. The van der Waals surface area contributed by atoms with Crippen molar-refractivity contribution in [2.75, 3.05) is 0 Å². The molecule has 1 aliphatic heterocycles. The van der Waals surface area contributed by atoms with Gasteiger partial charge in [-0.15, -0.1) is 9.78 Å². The van der Waals surface area contributed by atoms with Gasteiger partial charge in [-0.1, -0.05) is 53.7 Å². The first-order valence-electron chi connectivity index (χ1n) is 11.4. The highest BCUT2D eigenvalue weighted by Crippen LogP contribution is 2.45. The fourth-order valence-corrected chi connectivity index (χ4v) is 3.87. The molecule has 1 fully saturated rings. The molecule has 0 bridgehead atoms. The number of hydrogen-bond donors (Lipinski definition) is 1. The van der Waals surface area contributed by atoms with Crippen molar-refractivity contribution in [3.63, 3.8) is 0 Å². The van der Waals surface area contributed by atoms with Gasteiger partial charge in [0.1, 0.15) is 24.7 Å². The first kappa shape index (κ1) is 27.6. The number of carbonyl (C=O) groups is 2. The van der Waals surface area contributed by atoms with Gasteiger partial charge in [0.05, 0.1) is 5.92 Å². The number of hydrogen-bond acceptors (Lipinski definition) is 6. The highest BCUT2D eigenvalue weighted by atomic mass is 19.4. The van der Waals surface area contributed by atoms with Crippen LogP contribution in [0.3, 0.4) is 0 Å². The number of carbonyl (C=O) groups excluding carboxylic acids is 2. The van der Waals surface area contributed by atoms with Crippen LogP contribution in [0, 0.1) is 16.6 Å². The van der Waals surface area contributed by atoms with Crippen molar-refractivity contribution in [2.45, 2.75) is 78.9 Å². The number of aliphatic hydroxyl groups excluding tert-OH is 1. The number of rotatable bonds is 4. The Morgan fingerprint density at radius 1 is 1.03 bits per heavy atom. The summed E-state index contributed by atoms with van der Waals surface area (Å²) in [5.74, 6) is -3.84. The minimum absolute atomic E-state index is 0.152. The number of alkyl halides is 3. The van der Waals surface area contributed by atoms with Crippen LogP contribution >= 0.6 is 0 Å². The third-order valence-electron chi connectivity index (χ3n) is 5.72. The molecule has 0 saturated carbocycles. The lowest BCUT2D eigenvalue weighted by atomic mass is 9.93. The van der Waals surface area contributed by atoms with E-state index in [9.17, 15) is 32.3 Å². The zero-order valence-electron chi connectivity index (χ0n) is 20.9. The first-order chi connectivity index (χ1) is 16.4. The van der Waals surface area contributed by atoms with Crippen molar-refractivity contribution < 1.29 is 37.0 Å². The topological polar surface area (TPSA) is 97.5 Å². The van der Waals surface area contributed by atoms with Gasteiger partial charge >= 0.3 is 12.2 Å². The lowest BCUT2D eigenvalue weighted by Gasteiger charge is -2.34. The second kappa shape index (κ2) is 9.45. The second-order valence-corrected chi connectivity index (χ2v) is 10.9. The Kier molecular flexibility index (Phi) is 7.24. The average Bonchev–Trinajstić information content (AvgIpc) is 3.31. The van der Waals surface area contributed by atoms with E-state index in [1.807, 2.05) is 0 Å². The number of nitrogens with zero attached hydrogens (tertiary/aromatic N) is 4. The van der Waals surface area contributed by atoms with Crippen LogP contribution in [0.15, 0.2) is 24.3 Å². The molecule has 1 amide bonds. The van der Waals surface area contributed by atoms with Gasteiger partial charge in [0.15, 0.2) is 5.82 Å². The molecule has 0 radical (unpaired) electrons. The smallest absolute Gasteiger partial charge is 0.409 e. The molecule has 1 saturated heterocycles. The Labute approximate surface area is 206 Å². The second-order valence-electron chi connectivity index (χ2n) is 10.9. The predicted molar refractivity (Wildman–Crippen MR) is 120 cm³/mol. The molecule has 3 unspecified atom stereocenters. The lowest BCUT2D eigenvalue weighted by Crippen LogP contribution is -2.53. The Bertz CT molecular complexity index is 1120. The minimum atomic E-state index is -4.91. The zero-order chi connectivity index (χ0) is 27.2. The number of benzene rings is 1. The Morgan fingerprint density at radius 3 is 2.08 bits per heavy atom. The van der Waals surface area contributed by atoms with Gasteiger partial charge < -0.3 is 14.7 Å². The van der Waals surface area contributed by atoms with Crippen LogP contribution in [-0.4, -0.2) is 55.0 Å². The third kappa shape index (κ3) is 5.69. The van der Waals surface area contributed by atoms with Gasteiger partial charge in [0.25, 0.3) is 5.91 Å². The van der Waals surface area contributed by atoms with Gasteiger partial charge in [-0.25, -0.2) is 4.39 Å². The van der Waals surface area contributed by atoms with Gasteiger partial charge in [0, 0.05) is 17.3 Å². The van der Waals surface area contributed by atoms with Crippen molar-refractivity contribution in [1.29, 1.82) is 0 Å². The quantitative estimate of drug-likeness (QED) is 0.612. The fourth-order valence-electron chi connectivity index (χ4n) is 3.87. The molecular weight excluding hydrogens is 484 g/mol. The van der Waals surface area contributed by atoms with E-state index in [1.165, 1.54) is 45.0 Å². The molecule has 1 aliphatic rings. The molecule has 1 N–H and O–H groups in total. The van der Waals surface area contributed by atoms with Crippen molar-refractivity contribution in [1.82, 2.24) is 19.7 Å². The van der Waals surface area contributed by atoms with E-state index in [-0.39, 0.29) is 18.4 Å². The van der Waals surface area contributed by atoms with Crippen LogP contribution in [-0.2, 0) is 11.4 Å². The average molecular weight is 515 g/mol. The molecule has 1 aromatic carbocycles. The van der Waals surface area contributed by atoms with Crippen molar-refractivity contribution in [3.8, 4) is 6.01 Å². The van der Waals surface area contributed by atoms with Crippen LogP contribution in [0.2, 0.25) is 0 Å². The van der Waals surface area contributed by atoms with Crippen molar-refractivity contribution in [3.05, 3.63) is 41.5 Å². The van der Waals surface area contributed by atoms with Crippen LogP contribution in [0.1, 0.15) is 70.1 Å². The molecule has 2 aromatic rings. The molecule has 1 aromatic heterocycles. The van der Waals surface area contributed by atoms with Crippen LogP contribution in [0.4, 0.5) is 17.6 Å². The van der Waals surface area contributed by atoms with E-state index in [4.69, 9.17) is 4.74 Å². The maximum absolute atomic E-state index is 14.2. The zero-order valence-corrected chi connectivity index (χ0v) is 20.9. The molecule has 198 valence electrons. The van der Waals surface area contributed by atoms with Gasteiger partial charge in [0.2, 0.25) is 5.91 Å². The fraction of sp³-hybridized carbons (Fsp3) is 0.583. The van der Waals surface area contributed by atoms with E-state index in [0.717, 1.165) is 4.68 Å². The maximum Gasteiger partial charge on any atom is 0.409 e. The molecule has 12 heteroatoms. The van der Waals surface area contributed by atoms with E-state index in [2.05, 4.69) is 10.1 Å². The molecule has 36 heavy (non-hydrogen) atoms. The summed E-state index contributed by atoms with van der Waals surface area (Å²) in [5.41, 5.74) is -1.63. The highest BCUT2D eigenvalue weighted by molar-refractivity contribution is 5.84. The maximum atomic E-state index is 14.2. The minimum Gasteiger partial charge on any atom is -0.458 e. The Morgan fingerprint density at radius 2 is 1.58 bits per heavy atom. The van der Waals surface area contributed by atoms with Crippen molar-refractivity contribution >= 4 is 11.8 Å². The number of amides is 1.